The van der Waals surface area contributed by atoms with Gasteiger partial charge < -0.3 is 10.2 Å². The van der Waals surface area contributed by atoms with Gasteiger partial charge in [-0.15, -0.1) is 12.4 Å². The van der Waals surface area contributed by atoms with E-state index in [0.717, 1.165) is 25.2 Å². The van der Waals surface area contributed by atoms with Gasteiger partial charge in [-0.2, -0.15) is 0 Å². The summed E-state index contributed by atoms with van der Waals surface area (Å²) in [4.78, 5) is 14.4. The van der Waals surface area contributed by atoms with Crippen LogP contribution in [0.5, 0.6) is 0 Å². The molecular weight excluding hydrogens is 260 g/mol. The Morgan fingerprint density at radius 2 is 1.84 bits per heavy atom. The third kappa shape index (κ3) is 3.28. The smallest absolute Gasteiger partial charge is 0.233 e. The van der Waals surface area contributed by atoms with Crippen molar-refractivity contribution in [3.8, 4) is 0 Å². The summed E-state index contributed by atoms with van der Waals surface area (Å²) >= 11 is 0. The molecule has 2 rings (SSSR count). The van der Waals surface area contributed by atoms with E-state index in [9.17, 15) is 4.79 Å². The van der Waals surface area contributed by atoms with Gasteiger partial charge in [0.05, 0.1) is 5.41 Å². The number of benzene rings is 1. The monoisotopic (exact) mass is 282 g/mol. The highest BCUT2D eigenvalue weighted by Gasteiger charge is 2.38. The van der Waals surface area contributed by atoms with Gasteiger partial charge in [0.1, 0.15) is 0 Å². The number of carbonyl (C=O) groups is 1. The Morgan fingerprint density at radius 3 is 2.32 bits per heavy atom. The molecule has 1 amide bonds. The number of halogens is 1. The SMILES string of the molecule is Cc1cc(C)cc(N(C)C(=O)C2(C)CCNC2)c1.Cl. The quantitative estimate of drug-likeness (QED) is 0.905. The molecule has 0 aliphatic carbocycles. The number of hydrogen-bond acceptors (Lipinski definition) is 2. The molecule has 1 saturated heterocycles. The van der Waals surface area contributed by atoms with E-state index in [1.54, 1.807) is 4.90 Å². The van der Waals surface area contributed by atoms with Gasteiger partial charge in [0.25, 0.3) is 0 Å². The number of hydrogen-bond donors (Lipinski definition) is 1. The van der Waals surface area contributed by atoms with Gasteiger partial charge in [-0.1, -0.05) is 6.07 Å². The standard InChI is InChI=1S/C15H22N2O.ClH/c1-11-7-12(2)9-13(8-11)17(4)14(18)15(3)5-6-16-10-15;/h7-9,16H,5-6,10H2,1-4H3;1H. The lowest BCUT2D eigenvalue weighted by molar-refractivity contribution is -0.126. The Bertz CT molecular complexity index is 447. The number of rotatable bonds is 2. The summed E-state index contributed by atoms with van der Waals surface area (Å²) in [6.45, 7) is 7.89. The Kier molecular flexibility index (Phi) is 4.99. The van der Waals surface area contributed by atoms with Gasteiger partial charge in [0, 0.05) is 19.3 Å². The van der Waals surface area contributed by atoms with Gasteiger partial charge in [0.2, 0.25) is 5.91 Å². The van der Waals surface area contributed by atoms with Crippen LogP contribution in [0.1, 0.15) is 24.5 Å². The lowest BCUT2D eigenvalue weighted by Crippen LogP contribution is -2.41. The first-order valence-corrected chi connectivity index (χ1v) is 6.49. The first kappa shape index (κ1) is 16.0. The van der Waals surface area contributed by atoms with Gasteiger partial charge in [-0.3, -0.25) is 4.79 Å². The molecule has 1 aromatic rings. The maximum absolute atomic E-state index is 12.6. The predicted molar refractivity (Wildman–Crippen MR) is 82.2 cm³/mol. The van der Waals surface area contributed by atoms with Crippen LogP contribution in [0.25, 0.3) is 0 Å². The zero-order chi connectivity index (χ0) is 13.3. The minimum atomic E-state index is -0.258. The van der Waals surface area contributed by atoms with Crippen molar-refractivity contribution in [2.45, 2.75) is 27.2 Å². The molecule has 1 aliphatic heterocycles. The van der Waals surface area contributed by atoms with Crippen LogP contribution in [-0.4, -0.2) is 26.0 Å². The molecule has 1 fully saturated rings. The number of nitrogens with one attached hydrogen (secondary N) is 1. The van der Waals surface area contributed by atoms with E-state index in [0.29, 0.717) is 0 Å². The van der Waals surface area contributed by atoms with Crippen molar-refractivity contribution in [2.75, 3.05) is 25.0 Å². The Labute approximate surface area is 121 Å². The van der Waals surface area contributed by atoms with Crippen LogP contribution in [0.15, 0.2) is 18.2 Å². The van der Waals surface area contributed by atoms with Crippen LogP contribution in [0.2, 0.25) is 0 Å². The van der Waals surface area contributed by atoms with E-state index in [1.165, 1.54) is 11.1 Å². The summed E-state index contributed by atoms with van der Waals surface area (Å²) in [5.74, 6) is 0.206. The van der Waals surface area contributed by atoms with E-state index in [4.69, 9.17) is 0 Å². The third-order valence-electron chi connectivity index (χ3n) is 3.78. The van der Waals surface area contributed by atoms with Gasteiger partial charge >= 0.3 is 0 Å². The van der Waals surface area contributed by atoms with Crippen LogP contribution in [-0.2, 0) is 4.79 Å². The van der Waals surface area contributed by atoms with Crippen molar-refractivity contribution in [1.82, 2.24) is 5.32 Å². The predicted octanol–water partition coefficient (Wildman–Crippen LogP) is 2.69. The average molecular weight is 283 g/mol. The van der Waals surface area contributed by atoms with E-state index < -0.39 is 0 Å². The number of amides is 1. The van der Waals surface area contributed by atoms with Crippen LogP contribution < -0.4 is 10.2 Å². The highest BCUT2D eigenvalue weighted by molar-refractivity contribution is 5.97. The zero-order valence-electron chi connectivity index (χ0n) is 12.1. The molecule has 0 aromatic heterocycles. The highest BCUT2D eigenvalue weighted by Crippen LogP contribution is 2.29. The normalized spacial score (nSPS) is 21.9. The molecule has 0 spiro atoms. The second-order valence-electron chi connectivity index (χ2n) is 5.70. The van der Waals surface area contributed by atoms with Crippen LogP contribution in [0.4, 0.5) is 5.69 Å². The van der Waals surface area contributed by atoms with Crippen molar-refractivity contribution in [3.05, 3.63) is 29.3 Å². The van der Waals surface area contributed by atoms with Crippen LogP contribution >= 0.6 is 12.4 Å². The Balaban J connectivity index is 0.00000180. The fraction of sp³-hybridized carbons (Fsp3) is 0.533. The molecule has 0 saturated carbocycles. The molecule has 0 bridgehead atoms. The number of nitrogens with zero attached hydrogens (tertiary/aromatic N) is 1. The highest BCUT2D eigenvalue weighted by atomic mass is 35.5. The summed E-state index contributed by atoms with van der Waals surface area (Å²) < 4.78 is 0. The Morgan fingerprint density at radius 1 is 1.26 bits per heavy atom. The van der Waals surface area contributed by atoms with Gasteiger partial charge in [0.15, 0.2) is 0 Å². The molecule has 19 heavy (non-hydrogen) atoms. The van der Waals surface area contributed by atoms with E-state index in [1.807, 2.05) is 7.05 Å². The fourth-order valence-corrected chi connectivity index (χ4v) is 2.67. The molecule has 1 aromatic carbocycles. The minimum Gasteiger partial charge on any atom is -0.316 e. The third-order valence-corrected chi connectivity index (χ3v) is 3.78. The molecule has 1 unspecified atom stereocenters. The molecular formula is C15H23ClN2O. The topological polar surface area (TPSA) is 32.3 Å². The maximum Gasteiger partial charge on any atom is 0.233 e. The van der Waals surface area contributed by atoms with Crippen LogP contribution in [0.3, 0.4) is 0 Å². The minimum absolute atomic E-state index is 0. The summed E-state index contributed by atoms with van der Waals surface area (Å²) in [6, 6.07) is 6.26. The Hall–Kier alpha value is -1.06. The van der Waals surface area contributed by atoms with Crippen molar-refractivity contribution in [2.24, 2.45) is 5.41 Å². The summed E-state index contributed by atoms with van der Waals surface area (Å²) in [5, 5.41) is 3.28. The molecule has 106 valence electrons. The van der Waals surface area contributed by atoms with E-state index in [2.05, 4.69) is 44.3 Å². The largest absolute Gasteiger partial charge is 0.316 e. The van der Waals surface area contributed by atoms with E-state index in [-0.39, 0.29) is 23.7 Å². The van der Waals surface area contributed by atoms with Crippen molar-refractivity contribution < 1.29 is 4.79 Å². The zero-order valence-corrected chi connectivity index (χ0v) is 12.9. The second-order valence-corrected chi connectivity index (χ2v) is 5.70. The van der Waals surface area contributed by atoms with Gasteiger partial charge in [-0.05, 0) is 57.0 Å². The lowest BCUT2D eigenvalue weighted by Gasteiger charge is -2.28. The van der Waals surface area contributed by atoms with Crippen molar-refractivity contribution in [1.29, 1.82) is 0 Å². The molecule has 1 aliphatic rings. The van der Waals surface area contributed by atoms with Gasteiger partial charge in [-0.25, -0.2) is 0 Å². The molecule has 1 heterocycles. The number of carbonyl (C=O) groups excluding carboxylic acids is 1. The molecule has 1 N–H and O–H groups in total. The lowest BCUT2D eigenvalue weighted by atomic mass is 9.88. The summed E-state index contributed by atoms with van der Waals surface area (Å²) in [5.41, 5.74) is 3.12. The summed E-state index contributed by atoms with van der Waals surface area (Å²) in [7, 11) is 1.88. The molecule has 4 heteroatoms. The first-order valence-electron chi connectivity index (χ1n) is 6.49. The molecule has 1 atom stereocenters. The summed E-state index contributed by atoms with van der Waals surface area (Å²) in [6.07, 6.45) is 0.918. The van der Waals surface area contributed by atoms with E-state index >= 15 is 0 Å². The fourth-order valence-electron chi connectivity index (χ4n) is 2.67. The molecule has 0 radical (unpaired) electrons. The molecule has 3 nitrogen and oxygen atoms in total. The van der Waals surface area contributed by atoms with Crippen molar-refractivity contribution in [3.63, 3.8) is 0 Å². The maximum atomic E-state index is 12.6. The average Bonchev–Trinajstić information content (AvgIpc) is 2.74. The van der Waals surface area contributed by atoms with Crippen LogP contribution in [0, 0.1) is 19.3 Å². The first-order chi connectivity index (χ1) is 8.42. The number of anilines is 1. The van der Waals surface area contributed by atoms with Crippen molar-refractivity contribution >= 4 is 24.0 Å². The number of aryl methyl sites for hydroxylation is 2. The second kappa shape index (κ2) is 5.93.